The first-order valence-corrected chi connectivity index (χ1v) is 9.77. The standard InChI is InChI=1S/C23H25NO3/c25-21(18-8-11-20(12-9-18)24-14-2-1-3-15-24)13-10-19-6-4-7-22-23(19)27-17-5-16-26-22/h4,6-13H,1-3,5,14-17H2/b13-10+. The molecule has 2 aromatic rings. The van der Waals surface area contributed by atoms with E-state index in [0.29, 0.717) is 18.8 Å². The fourth-order valence-electron chi connectivity index (χ4n) is 3.60. The second kappa shape index (κ2) is 8.30. The number of rotatable bonds is 4. The summed E-state index contributed by atoms with van der Waals surface area (Å²) in [5, 5.41) is 0. The lowest BCUT2D eigenvalue weighted by molar-refractivity contribution is 0.104. The van der Waals surface area contributed by atoms with Gasteiger partial charge in [-0.3, -0.25) is 4.79 Å². The summed E-state index contributed by atoms with van der Waals surface area (Å²) in [5.41, 5.74) is 2.77. The average Bonchev–Trinajstić information content (AvgIpc) is 2.99. The first-order valence-electron chi connectivity index (χ1n) is 9.77. The summed E-state index contributed by atoms with van der Waals surface area (Å²) in [6, 6.07) is 13.7. The molecule has 2 heterocycles. The summed E-state index contributed by atoms with van der Waals surface area (Å²) in [6.07, 6.45) is 8.09. The SMILES string of the molecule is O=C(/C=C/c1cccc2c1OCCCO2)c1ccc(N2CCCCC2)cc1. The van der Waals surface area contributed by atoms with Crippen LogP contribution in [0.2, 0.25) is 0 Å². The van der Waals surface area contributed by atoms with Gasteiger partial charge >= 0.3 is 0 Å². The quantitative estimate of drug-likeness (QED) is 0.581. The van der Waals surface area contributed by atoms with Crippen LogP contribution in [0.1, 0.15) is 41.6 Å². The zero-order valence-electron chi connectivity index (χ0n) is 15.5. The van der Waals surface area contributed by atoms with E-state index >= 15 is 0 Å². The molecule has 0 saturated carbocycles. The van der Waals surface area contributed by atoms with Crippen LogP contribution in [0, 0.1) is 0 Å². The second-order valence-electron chi connectivity index (χ2n) is 7.02. The van der Waals surface area contributed by atoms with Gasteiger partial charge in [0.15, 0.2) is 17.3 Å². The van der Waals surface area contributed by atoms with E-state index in [1.807, 2.05) is 36.4 Å². The number of carbonyl (C=O) groups is 1. The molecule has 2 aliphatic heterocycles. The van der Waals surface area contributed by atoms with E-state index < -0.39 is 0 Å². The molecule has 0 spiro atoms. The molecule has 27 heavy (non-hydrogen) atoms. The number of hydrogen-bond acceptors (Lipinski definition) is 4. The molecule has 4 heteroatoms. The molecule has 0 aromatic heterocycles. The topological polar surface area (TPSA) is 38.8 Å². The number of piperidine rings is 1. The smallest absolute Gasteiger partial charge is 0.185 e. The molecule has 0 N–H and O–H groups in total. The van der Waals surface area contributed by atoms with Gasteiger partial charge in [-0.1, -0.05) is 12.1 Å². The van der Waals surface area contributed by atoms with Crippen molar-refractivity contribution in [1.82, 2.24) is 0 Å². The Kier molecular flexibility index (Phi) is 5.42. The maximum atomic E-state index is 12.6. The van der Waals surface area contributed by atoms with Gasteiger partial charge in [0.2, 0.25) is 0 Å². The van der Waals surface area contributed by atoms with E-state index in [1.165, 1.54) is 24.9 Å². The van der Waals surface area contributed by atoms with Crippen LogP contribution in [0.25, 0.3) is 6.08 Å². The molecule has 2 aromatic carbocycles. The van der Waals surface area contributed by atoms with E-state index in [0.717, 1.165) is 36.6 Å². The van der Waals surface area contributed by atoms with Gasteiger partial charge in [0.1, 0.15) is 0 Å². The van der Waals surface area contributed by atoms with Crippen LogP contribution >= 0.6 is 0 Å². The van der Waals surface area contributed by atoms with Gasteiger partial charge in [-0.15, -0.1) is 0 Å². The highest BCUT2D eigenvalue weighted by Gasteiger charge is 2.14. The second-order valence-corrected chi connectivity index (χ2v) is 7.02. The van der Waals surface area contributed by atoms with Crippen LogP contribution in [-0.2, 0) is 0 Å². The molecule has 4 nitrogen and oxygen atoms in total. The van der Waals surface area contributed by atoms with Crippen LogP contribution in [0.5, 0.6) is 11.5 Å². The summed E-state index contributed by atoms with van der Waals surface area (Å²) in [4.78, 5) is 15.0. The molecular weight excluding hydrogens is 338 g/mol. The number of anilines is 1. The van der Waals surface area contributed by atoms with Gasteiger partial charge < -0.3 is 14.4 Å². The number of ketones is 1. The Balaban J connectivity index is 1.47. The van der Waals surface area contributed by atoms with Crippen molar-refractivity contribution in [1.29, 1.82) is 0 Å². The Morgan fingerprint density at radius 3 is 2.48 bits per heavy atom. The number of hydrogen-bond donors (Lipinski definition) is 0. The predicted octanol–water partition coefficient (Wildman–Crippen LogP) is 4.73. The normalized spacial score (nSPS) is 17.0. The summed E-state index contributed by atoms with van der Waals surface area (Å²) >= 11 is 0. The molecule has 0 unspecified atom stereocenters. The molecule has 0 bridgehead atoms. The van der Waals surface area contributed by atoms with Crippen molar-refractivity contribution in [3.63, 3.8) is 0 Å². The monoisotopic (exact) mass is 363 g/mol. The molecule has 140 valence electrons. The number of allylic oxidation sites excluding steroid dienone is 1. The first kappa shape index (κ1) is 17.7. The van der Waals surface area contributed by atoms with Gasteiger partial charge in [0, 0.05) is 36.3 Å². The zero-order valence-corrected chi connectivity index (χ0v) is 15.5. The maximum absolute atomic E-state index is 12.6. The molecular formula is C23H25NO3. The zero-order chi connectivity index (χ0) is 18.5. The Morgan fingerprint density at radius 1 is 0.889 bits per heavy atom. The van der Waals surface area contributed by atoms with Crippen LogP contribution in [0.15, 0.2) is 48.5 Å². The third-order valence-corrected chi connectivity index (χ3v) is 5.09. The van der Waals surface area contributed by atoms with Gasteiger partial charge in [-0.25, -0.2) is 0 Å². The minimum Gasteiger partial charge on any atom is -0.490 e. The average molecular weight is 363 g/mol. The maximum Gasteiger partial charge on any atom is 0.185 e. The van der Waals surface area contributed by atoms with Crippen molar-refractivity contribution in [3.05, 3.63) is 59.7 Å². The van der Waals surface area contributed by atoms with Crippen LogP contribution < -0.4 is 14.4 Å². The van der Waals surface area contributed by atoms with Gasteiger partial charge in [0.25, 0.3) is 0 Å². The number of para-hydroxylation sites is 1. The van der Waals surface area contributed by atoms with Crippen molar-refractivity contribution in [2.24, 2.45) is 0 Å². The minimum absolute atomic E-state index is 0.00709. The van der Waals surface area contributed by atoms with E-state index in [1.54, 1.807) is 6.08 Å². The fraction of sp³-hybridized carbons (Fsp3) is 0.348. The predicted molar refractivity (Wildman–Crippen MR) is 108 cm³/mol. The molecule has 2 aliphatic rings. The summed E-state index contributed by atoms with van der Waals surface area (Å²) in [5.74, 6) is 1.46. The summed E-state index contributed by atoms with van der Waals surface area (Å²) in [7, 11) is 0. The molecule has 1 fully saturated rings. The molecule has 0 aliphatic carbocycles. The highest BCUT2D eigenvalue weighted by molar-refractivity contribution is 6.07. The molecule has 4 rings (SSSR count). The number of fused-ring (bicyclic) bond motifs is 1. The van der Waals surface area contributed by atoms with E-state index in [9.17, 15) is 4.79 Å². The summed E-state index contributed by atoms with van der Waals surface area (Å²) < 4.78 is 11.5. The minimum atomic E-state index is -0.00709. The van der Waals surface area contributed by atoms with Gasteiger partial charge in [-0.2, -0.15) is 0 Å². The third-order valence-electron chi connectivity index (χ3n) is 5.09. The van der Waals surface area contributed by atoms with Crippen molar-refractivity contribution in [3.8, 4) is 11.5 Å². The largest absolute Gasteiger partial charge is 0.490 e. The lowest BCUT2D eigenvalue weighted by atomic mass is 10.1. The number of ether oxygens (including phenoxy) is 2. The number of carbonyl (C=O) groups excluding carboxylic acids is 1. The number of nitrogens with zero attached hydrogens (tertiary/aromatic N) is 1. The molecule has 0 atom stereocenters. The van der Waals surface area contributed by atoms with Crippen molar-refractivity contribution >= 4 is 17.5 Å². The lowest BCUT2D eigenvalue weighted by Gasteiger charge is -2.28. The van der Waals surface area contributed by atoms with Gasteiger partial charge in [-0.05, 0) is 61.7 Å². The van der Waals surface area contributed by atoms with Gasteiger partial charge in [0.05, 0.1) is 13.2 Å². The molecule has 1 saturated heterocycles. The highest BCUT2D eigenvalue weighted by atomic mass is 16.5. The van der Waals surface area contributed by atoms with Crippen LogP contribution in [0.3, 0.4) is 0 Å². The van der Waals surface area contributed by atoms with Crippen molar-refractivity contribution < 1.29 is 14.3 Å². The third kappa shape index (κ3) is 4.16. The van der Waals surface area contributed by atoms with Crippen molar-refractivity contribution in [2.75, 3.05) is 31.2 Å². The number of benzene rings is 2. The summed E-state index contributed by atoms with van der Waals surface area (Å²) in [6.45, 7) is 3.50. The molecule has 0 radical (unpaired) electrons. The highest BCUT2D eigenvalue weighted by Crippen LogP contribution is 2.34. The Morgan fingerprint density at radius 2 is 1.67 bits per heavy atom. The van der Waals surface area contributed by atoms with E-state index in [4.69, 9.17) is 9.47 Å². The Labute approximate surface area is 160 Å². The van der Waals surface area contributed by atoms with Crippen LogP contribution in [-0.4, -0.2) is 32.1 Å². The Hall–Kier alpha value is -2.75. The Bertz CT molecular complexity index is 820. The first-order chi connectivity index (χ1) is 13.3. The van der Waals surface area contributed by atoms with Crippen molar-refractivity contribution in [2.45, 2.75) is 25.7 Å². The molecule has 0 amide bonds. The van der Waals surface area contributed by atoms with E-state index in [2.05, 4.69) is 17.0 Å². The fourth-order valence-corrected chi connectivity index (χ4v) is 3.60. The van der Waals surface area contributed by atoms with E-state index in [-0.39, 0.29) is 5.78 Å². The lowest BCUT2D eigenvalue weighted by Crippen LogP contribution is -2.29. The van der Waals surface area contributed by atoms with Crippen LogP contribution in [0.4, 0.5) is 5.69 Å².